The normalized spacial score (nSPS) is 12.1. The van der Waals surface area contributed by atoms with E-state index in [4.69, 9.17) is 10.8 Å². The molecule has 6 heteroatoms. The summed E-state index contributed by atoms with van der Waals surface area (Å²) < 4.78 is 0. The van der Waals surface area contributed by atoms with Crippen molar-refractivity contribution in [1.29, 1.82) is 0 Å². The van der Waals surface area contributed by atoms with Crippen LogP contribution in [0.1, 0.15) is 25.7 Å². The lowest BCUT2D eigenvalue weighted by Gasteiger charge is -2.11. The predicted octanol–water partition coefficient (Wildman–Crippen LogP) is 0.438. The molecule has 0 unspecified atom stereocenters. The topological polar surface area (TPSA) is 92.4 Å². The maximum atomic E-state index is 11.4. The van der Waals surface area contributed by atoms with Gasteiger partial charge in [-0.2, -0.15) is 11.8 Å². The lowest BCUT2D eigenvalue weighted by molar-refractivity contribution is -0.137. The van der Waals surface area contributed by atoms with Gasteiger partial charge in [-0.15, -0.1) is 0 Å². The van der Waals surface area contributed by atoms with E-state index in [2.05, 4.69) is 5.32 Å². The molecule has 0 aromatic heterocycles. The van der Waals surface area contributed by atoms with Gasteiger partial charge in [-0.05, 0) is 31.3 Å². The summed E-state index contributed by atoms with van der Waals surface area (Å²) >= 11 is 1.66. The molecule has 1 amide bonds. The van der Waals surface area contributed by atoms with Crippen LogP contribution in [0.4, 0.5) is 0 Å². The van der Waals surface area contributed by atoms with Crippen molar-refractivity contribution in [1.82, 2.24) is 5.32 Å². The molecule has 0 saturated heterocycles. The molecule has 0 spiro atoms. The fourth-order valence-electron chi connectivity index (χ4n) is 1.12. The van der Waals surface area contributed by atoms with Gasteiger partial charge in [-0.1, -0.05) is 0 Å². The van der Waals surface area contributed by atoms with E-state index in [1.807, 2.05) is 6.26 Å². The number of carbonyl (C=O) groups excluding carboxylic acids is 1. The second-order valence-corrected chi connectivity index (χ2v) is 4.52. The number of thioether (sulfide) groups is 1. The van der Waals surface area contributed by atoms with Gasteiger partial charge in [0.15, 0.2) is 0 Å². The van der Waals surface area contributed by atoms with Gasteiger partial charge in [0.1, 0.15) is 0 Å². The summed E-state index contributed by atoms with van der Waals surface area (Å²) in [6.07, 6.45) is 4.04. The van der Waals surface area contributed by atoms with Gasteiger partial charge >= 0.3 is 5.97 Å². The van der Waals surface area contributed by atoms with Gasteiger partial charge in [0.05, 0.1) is 6.04 Å². The highest BCUT2D eigenvalue weighted by Crippen LogP contribution is 1.99. The first-order chi connectivity index (χ1) is 7.57. The van der Waals surface area contributed by atoms with Crippen molar-refractivity contribution in [3.8, 4) is 0 Å². The Morgan fingerprint density at radius 3 is 2.69 bits per heavy atom. The molecule has 0 aromatic carbocycles. The molecule has 0 saturated carbocycles. The van der Waals surface area contributed by atoms with Crippen molar-refractivity contribution in [2.45, 2.75) is 31.7 Å². The molecule has 0 radical (unpaired) electrons. The minimum Gasteiger partial charge on any atom is -0.481 e. The molecule has 0 aliphatic heterocycles. The number of nitrogens with two attached hydrogens (primary N) is 1. The van der Waals surface area contributed by atoms with E-state index in [-0.39, 0.29) is 12.3 Å². The van der Waals surface area contributed by atoms with Crippen LogP contribution in [0.5, 0.6) is 0 Å². The molecular weight excluding hydrogens is 228 g/mol. The van der Waals surface area contributed by atoms with Crippen molar-refractivity contribution in [3.05, 3.63) is 0 Å². The SMILES string of the molecule is CSCC[C@@H](N)C(=O)NCCCCC(=O)O. The first kappa shape index (κ1) is 15.2. The summed E-state index contributed by atoms with van der Waals surface area (Å²) in [5.41, 5.74) is 5.65. The number of hydrogen-bond donors (Lipinski definition) is 3. The second kappa shape index (κ2) is 9.47. The van der Waals surface area contributed by atoms with E-state index in [0.717, 1.165) is 5.75 Å². The number of unbranched alkanes of at least 4 members (excludes halogenated alkanes) is 1. The molecule has 0 aromatic rings. The Balaban J connectivity index is 3.45. The second-order valence-electron chi connectivity index (χ2n) is 3.53. The van der Waals surface area contributed by atoms with Gasteiger partial charge < -0.3 is 16.2 Å². The van der Waals surface area contributed by atoms with E-state index < -0.39 is 12.0 Å². The quantitative estimate of drug-likeness (QED) is 0.515. The maximum Gasteiger partial charge on any atom is 0.303 e. The average molecular weight is 248 g/mol. The molecule has 4 N–H and O–H groups in total. The van der Waals surface area contributed by atoms with Crippen LogP contribution in [-0.2, 0) is 9.59 Å². The smallest absolute Gasteiger partial charge is 0.303 e. The molecule has 0 rings (SSSR count). The zero-order chi connectivity index (χ0) is 12.4. The lowest BCUT2D eigenvalue weighted by atomic mass is 10.2. The molecule has 0 heterocycles. The largest absolute Gasteiger partial charge is 0.481 e. The minimum absolute atomic E-state index is 0.147. The number of carboxylic acids is 1. The van der Waals surface area contributed by atoms with Gasteiger partial charge in [0.2, 0.25) is 5.91 Å². The highest BCUT2D eigenvalue weighted by atomic mass is 32.2. The Kier molecular flexibility index (Phi) is 9.03. The molecule has 0 aliphatic carbocycles. The number of hydrogen-bond acceptors (Lipinski definition) is 4. The van der Waals surface area contributed by atoms with Crippen LogP contribution in [0, 0.1) is 0 Å². The average Bonchev–Trinajstić information content (AvgIpc) is 2.24. The van der Waals surface area contributed by atoms with E-state index in [0.29, 0.717) is 25.8 Å². The van der Waals surface area contributed by atoms with Crippen LogP contribution in [0.25, 0.3) is 0 Å². The Morgan fingerprint density at radius 2 is 2.12 bits per heavy atom. The van der Waals surface area contributed by atoms with Crippen LogP contribution in [-0.4, -0.2) is 41.6 Å². The third kappa shape index (κ3) is 8.55. The molecule has 94 valence electrons. The van der Waals surface area contributed by atoms with E-state index in [1.54, 1.807) is 11.8 Å². The summed E-state index contributed by atoms with van der Waals surface area (Å²) in [6.45, 7) is 0.499. The Morgan fingerprint density at radius 1 is 1.44 bits per heavy atom. The summed E-state index contributed by atoms with van der Waals surface area (Å²) in [6, 6.07) is -0.452. The molecule has 0 bridgehead atoms. The van der Waals surface area contributed by atoms with Gasteiger partial charge in [-0.3, -0.25) is 9.59 Å². The van der Waals surface area contributed by atoms with Crippen molar-refractivity contribution in [2.75, 3.05) is 18.6 Å². The number of amides is 1. The standard InChI is InChI=1S/C10H20N2O3S/c1-16-7-5-8(11)10(15)12-6-3-2-4-9(13)14/h8H,2-7,11H2,1H3,(H,12,15)(H,13,14)/t8-/m1/s1. The van der Waals surface area contributed by atoms with Crippen LogP contribution in [0.2, 0.25) is 0 Å². The van der Waals surface area contributed by atoms with Crippen LogP contribution < -0.4 is 11.1 Å². The molecule has 0 fully saturated rings. The minimum atomic E-state index is -0.803. The number of aliphatic carboxylic acids is 1. The summed E-state index contributed by atoms with van der Waals surface area (Å²) in [5, 5.41) is 11.1. The number of nitrogens with one attached hydrogen (secondary N) is 1. The van der Waals surface area contributed by atoms with Crippen LogP contribution in [0.15, 0.2) is 0 Å². The highest BCUT2D eigenvalue weighted by Gasteiger charge is 2.11. The first-order valence-electron chi connectivity index (χ1n) is 5.32. The monoisotopic (exact) mass is 248 g/mol. The van der Waals surface area contributed by atoms with Crippen molar-refractivity contribution < 1.29 is 14.7 Å². The fourth-order valence-corrected chi connectivity index (χ4v) is 1.61. The molecular formula is C10H20N2O3S. The zero-order valence-electron chi connectivity index (χ0n) is 9.57. The van der Waals surface area contributed by atoms with E-state index in [1.165, 1.54) is 0 Å². The fraction of sp³-hybridized carbons (Fsp3) is 0.800. The van der Waals surface area contributed by atoms with Crippen molar-refractivity contribution in [2.24, 2.45) is 5.73 Å². The third-order valence-electron chi connectivity index (χ3n) is 2.09. The van der Waals surface area contributed by atoms with Gasteiger partial charge in [0, 0.05) is 13.0 Å². The van der Waals surface area contributed by atoms with E-state index in [9.17, 15) is 9.59 Å². The maximum absolute atomic E-state index is 11.4. The molecule has 5 nitrogen and oxygen atoms in total. The summed E-state index contributed by atoms with van der Waals surface area (Å²) in [7, 11) is 0. The van der Waals surface area contributed by atoms with Gasteiger partial charge in [0.25, 0.3) is 0 Å². The Hall–Kier alpha value is -0.750. The highest BCUT2D eigenvalue weighted by molar-refractivity contribution is 7.98. The zero-order valence-corrected chi connectivity index (χ0v) is 10.4. The molecule has 16 heavy (non-hydrogen) atoms. The molecule has 0 aliphatic rings. The Labute approximate surface area is 100 Å². The Bertz CT molecular complexity index is 224. The van der Waals surface area contributed by atoms with Gasteiger partial charge in [-0.25, -0.2) is 0 Å². The van der Waals surface area contributed by atoms with E-state index >= 15 is 0 Å². The van der Waals surface area contributed by atoms with Crippen LogP contribution in [0.3, 0.4) is 0 Å². The van der Waals surface area contributed by atoms with Crippen molar-refractivity contribution >= 4 is 23.6 Å². The summed E-state index contributed by atoms with van der Waals surface area (Å²) in [4.78, 5) is 21.6. The van der Waals surface area contributed by atoms with Crippen molar-refractivity contribution in [3.63, 3.8) is 0 Å². The number of rotatable bonds is 9. The number of carboxylic acid groups (broad SMARTS) is 1. The molecule has 1 atom stereocenters. The third-order valence-corrected chi connectivity index (χ3v) is 2.73. The lowest BCUT2D eigenvalue weighted by Crippen LogP contribution is -2.41. The summed E-state index contributed by atoms with van der Waals surface area (Å²) in [5.74, 6) is -0.0829. The van der Waals surface area contributed by atoms with Crippen LogP contribution >= 0.6 is 11.8 Å². The first-order valence-corrected chi connectivity index (χ1v) is 6.71. The predicted molar refractivity (Wildman–Crippen MR) is 65.5 cm³/mol. The number of carbonyl (C=O) groups is 2.